The molecule has 7 heteroatoms. The van der Waals surface area contributed by atoms with E-state index in [1.54, 1.807) is 29.8 Å². The fourth-order valence-corrected chi connectivity index (χ4v) is 2.16. The van der Waals surface area contributed by atoms with Crippen molar-refractivity contribution < 1.29 is 19.6 Å². The molecule has 1 aromatic carbocycles. The molecular formula is C14H16N2O5. The van der Waals surface area contributed by atoms with Crippen LogP contribution in [0.5, 0.6) is 0 Å². The van der Waals surface area contributed by atoms with Gasteiger partial charge in [-0.2, -0.15) is 0 Å². The molecule has 0 aliphatic rings. The van der Waals surface area contributed by atoms with Crippen LogP contribution >= 0.6 is 0 Å². The largest absolute Gasteiger partial charge is 0.466 e. The third kappa shape index (κ3) is 3.57. The summed E-state index contributed by atoms with van der Waals surface area (Å²) in [6.07, 6.45) is 0.776. The van der Waals surface area contributed by atoms with Crippen molar-refractivity contribution in [3.05, 3.63) is 40.6 Å². The summed E-state index contributed by atoms with van der Waals surface area (Å²) in [6, 6.07) is 6.25. The number of ether oxygens (including phenoxy) is 1. The number of hydrogen-bond acceptors (Lipinski definition) is 5. The van der Waals surface area contributed by atoms with Crippen molar-refractivity contribution in [1.82, 2.24) is 4.57 Å². The number of aliphatic hydroxyl groups excluding tert-OH is 1. The van der Waals surface area contributed by atoms with Crippen LogP contribution in [0.1, 0.15) is 13.3 Å². The van der Waals surface area contributed by atoms with E-state index in [0.29, 0.717) is 5.39 Å². The number of nitro groups is 1. The Bertz CT molecular complexity index is 664. The molecule has 2 aromatic rings. The van der Waals surface area contributed by atoms with Crippen molar-refractivity contribution >= 4 is 22.6 Å². The Morgan fingerprint density at radius 2 is 2.24 bits per heavy atom. The number of aromatic nitrogens is 1. The maximum Gasteiger partial charge on any atom is 0.308 e. The van der Waals surface area contributed by atoms with E-state index < -0.39 is 17.0 Å². The van der Waals surface area contributed by atoms with E-state index in [2.05, 4.69) is 0 Å². The normalized spacial score (nSPS) is 12.3. The predicted octanol–water partition coefficient (Wildman–Crippen LogP) is 1.86. The highest BCUT2D eigenvalue weighted by molar-refractivity contribution is 5.82. The van der Waals surface area contributed by atoms with Crippen molar-refractivity contribution in [2.45, 2.75) is 26.0 Å². The number of carbonyl (C=O) groups excluding carboxylic acids is 1. The first kappa shape index (κ1) is 15.0. The number of hydrogen-bond donors (Lipinski definition) is 1. The van der Waals surface area contributed by atoms with Gasteiger partial charge in [0.1, 0.15) is 0 Å². The first-order valence-corrected chi connectivity index (χ1v) is 6.58. The number of aliphatic hydroxyl groups is 1. The van der Waals surface area contributed by atoms with Crippen LogP contribution in [0.25, 0.3) is 10.9 Å². The molecule has 0 aliphatic carbocycles. The molecule has 0 aliphatic heterocycles. The molecule has 0 spiro atoms. The molecule has 0 saturated heterocycles. The number of nitrogens with zero attached hydrogens (tertiary/aromatic N) is 2. The van der Waals surface area contributed by atoms with Gasteiger partial charge in [-0.3, -0.25) is 14.9 Å². The van der Waals surface area contributed by atoms with Gasteiger partial charge in [-0.25, -0.2) is 0 Å². The Hall–Kier alpha value is -2.41. The van der Waals surface area contributed by atoms with E-state index >= 15 is 0 Å². The maximum absolute atomic E-state index is 11.3. The fraction of sp³-hybridized carbons (Fsp3) is 0.357. The van der Waals surface area contributed by atoms with Crippen molar-refractivity contribution in [3.63, 3.8) is 0 Å². The van der Waals surface area contributed by atoms with Crippen LogP contribution < -0.4 is 0 Å². The van der Waals surface area contributed by atoms with E-state index in [-0.39, 0.29) is 25.3 Å². The monoisotopic (exact) mass is 292 g/mol. The first-order chi connectivity index (χ1) is 10.0. The van der Waals surface area contributed by atoms with Gasteiger partial charge in [0, 0.05) is 35.8 Å². The van der Waals surface area contributed by atoms with Gasteiger partial charge in [-0.15, -0.1) is 0 Å². The van der Waals surface area contributed by atoms with Crippen molar-refractivity contribution in [2.24, 2.45) is 0 Å². The molecule has 0 amide bonds. The van der Waals surface area contributed by atoms with Crippen molar-refractivity contribution in [1.29, 1.82) is 0 Å². The minimum Gasteiger partial charge on any atom is -0.466 e. The quantitative estimate of drug-likeness (QED) is 0.498. The maximum atomic E-state index is 11.3. The number of carbonyl (C=O) groups is 1. The standard InChI is InChI=1S/C14H16N2O5/c1-2-21-14(18)8-12(17)9-15-6-5-10-7-11(16(19)20)3-4-13(10)15/h3-7,12,17H,2,8-9H2,1H3. The van der Waals surface area contributed by atoms with E-state index in [1.165, 1.54) is 12.1 Å². The van der Waals surface area contributed by atoms with Crippen LogP contribution in [0.3, 0.4) is 0 Å². The lowest BCUT2D eigenvalue weighted by Gasteiger charge is -2.12. The second-order valence-corrected chi connectivity index (χ2v) is 4.63. The first-order valence-electron chi connectivity index (χ1n) is 6.58. The molecule has 112 valence electrons. The van der Waals surface area contributed by atoms with Crippen LogP contribution in [-0.2, 0) is 16.1 Å². The molecule has 1 aromatic heterocycles. The number of nitro benzene ring substituents is 1. The average Bonchev–Trinajstić information content (AvgIpc) is 2.81. The number of fused-ring (bicyclic) bond motifs is 1. The molecule has 0 radical (unpaired) electrons. The molecule has 1 N–H and O–H groups in total. The summed E-state index contributed by atoms with van der Waals surface area (Å²) >= 11 is 0. The number of rotatable bonds is 6. The molecule has 1 unspecified atom stereocenters. The second-order valence-electron chi connectivity index (χ2n) is 4.63. The molecule has 0 saturated carbocycles. The second kappa shape index (κ2) is 6.36. The molecule has 2 rings (SSSR count). The highest BCUT2D eigenvalue weighted by atomic mass is 16.6. The summed E-state index contributed by atoms with van der Waals surface area (Å²) in [5.74, 6) is -0.447. The van der Waals surface area contributed by atoms with E-state index in [1.807, 2.05) is 0 Å². The smallest absolute Gasteiger partial charge is 0.308 e. The Kier molecular flexibility index (Phi) is 4.54. The summed E-state index contributed by atoms with van der Waals surface area (Å²) < 4.78 is 6.53. The summed E-state index contributed by atoms with van der Waals surface area (Å²) in [7, 11) is 0. The lowest BCUT2D eigenvalue weighted by Crippen LogP contribution is -2.20. The zero-order valence-corrected chi connectivity index (χ0v) is 11.6. The molecular weight excluding hydrogens is 276 g/mol. The van der Waals surface area contributed by atoms with Gasteiger partial charge in [0.2, 0.25) is 0 Å². The van der Waals surface area contributed by atoms with Crippen LogP contribution in [-0.4, -0.2) is 33.3 Å². The van der Waals surface area contributed by atoms with Gasteiger partial charge in [0.15, 0.2) is 0 Å². The number of non-ortho nitro benzene ring substituents is 1. The lowest BCUT2D eigenvalue weighted by atomic mass is 10.2. The zero-order valence-electron chi connectivity index (χ0n) is 11.6. The zero-order chi connectivity index (χ0) is 15.4. The number of benzene rings is 1. The summed E-state index contributed by atoms with van der Waals surface area (Å²) in [5, 5.41) is 21.3. The van der Waals surface area contributed by atoms with Crippen LogP contribution in [0.15, 0.2) is 30.5 Å². The molecule has 1 heterocycles. The van der Waals surface area contributed by atoms with Gasteiger partial charge in [-0.05, 0) is 19.1 Å². The van der Waals surface area contributed by atoms with E-state index in [9.17, 15) is 20.0 Å². The SMILES string of the molecule is CCOC(=O)CC(O)Cn1ccc2cc([N+](=O)[O-])ccc21. The van der Waals surface area contributed by atoms with Gasteiger partial charge in [0.25, 0.3) is 5.69 Å². The molecule has 21 heavy (non-hydrogen) atoms. The lowest BCUT2D eigenvalue weighted by molar-refractivity contribution is -0.384. The predicted molar refractivity (Wildman–Crippen MR) is 75.8 cm³/mol. The van der Waals surface area contributed by atoms with Gasteiger partial charge in [-0.1, -0.05) is 0 Å². The average molecular weight is 292 g/mol. The Morgan fingerprint density at radius 1 is 1.48 bits per heavy atom. The van der Waals surface area contributed by atoms with E-state index in [4.69, 9.17) is 4.74 Å². The van der Waals surface area contributed by atoms with Gasteiger partial charge in [0.05, 0.1) is 24.1 Å². The topological polar surface area (TPSA) is 94.6 Å². The molecule has 0 fully saturated rings. The molecule has 0 bridgehead atoms. The fourth-order valence-electron chi connectivity index (χ4n) is 2.16. The number of esters is 1. The highest BCUT2D eigenvalue weighted by Crippen LogP contribution is 2.22. The Balaban J connectivity index is 2.12. The summed E-state index contributed by atoms with van der Waals surface area (Å²) in [5.41, 5.74) is 0.788. The third-order valence-electron chi connectivity index (χ3n) is 3.08. The van der Waals surface area contributed by atoms with Crippen LogP contribution in [0.4, 0.5) is 5.69 Å². The van der Waals surface area contributed by atoms with Crippen molar-refractivity contribution in [3.8, 4) is 0 Å². The van der Waals surface area contributed by atoms with Gasteiger partial charge >= 0.3 is 5.97 Å². The van der Waals surface area contributed by atoms with Gasteiger partial charge < -0.3 is 14.4 Å². The van der Waals surface area contributed by atoms with Crippen LogP contribution in [0, 0.1) is 10.1 Å². The van der Waals surface area contributed by atoms with Crippen LogP contribution in [0.2, 0.25) is 0 Å². The van der Waals surface area contributed by atoms with E-state index in [0.717, 1.165) is 5.52 Å². The minimum atomic E-state index is -0.866. The molecule has 1 atom stereocenters. The Labute approximate surface area is 120 Å². The minimum absolute atomic E-state index is 0.0207. The Morgan fingerprint density at radius 3 is 2.90 bits per heavy atom. The molecule has 7 nitrogen and oxygen atoms in total. The van der Waals surface area contributed by atoms with Crippen molar-refractivity contribution in [2.75, 3.05) is 6.61 Å². The summed E-state index contributed by atoms with van der Waals surface area (Å²) in [6.45, 7) is 2.21. The third-order valence-corrected chi connectivity index (χ3v) is 3.08. The summed E-state index contributed by atoms with van der Waals surface area (Å²) in [4.78, 5) is 21.6. The highest BCUT2D eigenvalue weighted by Gasteiger charge is 2.14.